The third-order valence-electron chi connectivity index (χ3n) is 3.68. The van der Waals surface area contributed by atoms with Crippen LogP contribution in [-0.2, 0) is 9.47 Å². The van der Waals surface area contributed by atoms with Crippen LogP contribution in [0.25, 0.3) is 0 Å². The molecule has 1 aliphatic heterocycles. The zero-order chi connectivity index (χ0) is 14.4. The van der Waals surface area contributed by atoms with Crippen molar-refractivity contribution in [1.29, 1.82) is 0 Å². The molecule has 0 bridgehead atoms. The lowest BCUT2D eigenvalue weighted by atomic mass is 10.1. The second-order valence-corrected chi connectivity index (χ2v) is 6.03. The van der Waals surface area contributed by atoms with E-state index in [0.29, 0.717) is 12.0 Å². The van der Waals surface area contributed by atoms with Gasteiger partial charge in [0, 0.05) is 25.1 Å². The van der Waals surface area contributed by atoms with E-state index in [1.54, 1.807) is 0 Å². The molecule has 1 aliphatic rings. The molecule has 0 amide bonds. The van der Waals surface area contributed by atoms with Crippen LogP contribution in [0.5, 0.6) is 0 Å². The Morgan fingerprint density at radius 1 is 1.40 bits per heavy atom. The zero-order valence-electron chi connectivity index (χ0n) is 12.9. The van der Waals surface area contributed by atoms with Crippen LogP contribution >= 0.6 is 0 Å². The van der Waals surface area contributed by atoms with E-state index < -0.39 is 0 Å². The van der Waals surface area contributed by atoms with Gasteiger partial charge in [-0.05, 0) is 18.9 Å². The molecule has 2 atom stereocenters. The predicted octanol–water partition coefficient (Wildman–Crippen LogP) is 3.09. The topological polar surface area (TPSA) is 30.5 Å². The van der Waals surface area contributed by atoms with E-state index in [0.717, 1.165) is 32.8 Å². The maximum atomic E-state index is 6.18. The number of aryl methyl sites for hydroxylation is 1. The largest absolute Gasteiger partial charge is 0.381 e. The van der Waals surface area contributed by atoms with Gasteiger partial charge in [0.15, 0.2) is 0 Å². The van der Waals surface area contributed by atoms with Crippen LogP contribution in [-0.4, -0.2) is 32.4 Å². The van der Waals surface area contributed by atoms with Crippen LogP contribution < -0.4 is 5.32 Å². The second kappa shape index (κ2) is 7.77. The number of rotatable bonds is 7. The highest BCUT2D eigenvalue weighted by Crippen LogP contribution is 2.21. The SMILES string of the molecule is Cc1cccc(C(CNC(C)C)OCC2CCOC2)c1. The highest BCUT2D eigenvalue weighted by atomic mass is 16.5. The Bertz CT molecular complexity index is 400. The minimum Gasteiger partial charge on any atom is -0.381 e. The smallest absolute Gasteiger partial charge is 0.0949 e. The summed E-state index contributed by atoms with van der Waals surface area (Å²) < 4.78 is 11.6. The molecule has 0 radical (unpaired) electrons. The molecular formula is C17H27NO2. The van der Waals surface area contributed by atoms with Gasteiger partial charge in [0.05, 0.1) is 19.3 Å². The van der Waals surface area contributed by atoms with E-state index in [1.165, 1.54) is 11.1 Å². The summed E-state index contributed by atoms with van der Waals surface area (Å²) in [7, 11) is 0. The first-order valence-electron chi connectivity index (χ1n) is 7.64. The maximum absolute atomic E-state index is 6.18. The van der Waals surface area contributed by atoms with Gasteiger partial charge in [0.25, 0.3) is 0 Å². The van der Waals surface area contributed by atoms with Gasteiger partial charge in [-0.25, -0.2) is 0 Å². The van der Waals surface area contributed by atoms with E-state index in [4.69, 9.17) is 9.47 Å². The van der Waals surface area contributed by atoms with Crippen molar-refractivity contribution in [2.24, 2.45) is 5.92 Å². The fourth-order valence-corrected chi connectivity index (χ4v) is 2.45. The first-order chi connectivity index (χ1) is 9.65. The van der Waals surface area contributed by atoms with Crippen LogP contribution in [0, 0.1) is 12.8 Å². The van der Waals surface area contributed by atoms with E-state index in [-0.39, 0.29) is 6.10 Å². The number of benzene rings is 1. The Morgan fingerprint density at radius 3 is 2.90 bits per heavy atom. The van der Waals surface area contributed by atoms with Gasteiger partial charge in [0.2, 0.25) is 0 Å². The van der Waals surface area contributed by atoms with Gasteiger partial charge in [-0.3, -0.25) is 0 Å². The van der Waals surface area contributed by atoms with Crippen molar-refractivity contribution in [3.8, 4) is 0 Å². The summed E-state index contributed by atoms with van der Waals surface area (Å²) in [5, 5.41) is 3.48. The molecule has 1 saturated heterocycles. The molecule has 1 N–H and O–H groups in total. The number of ether oxygens (including phenoxy) is 2. The van der Waals surface area contributed by atoms with Crippen molar-refractivity contribution in [2.45, 2.75) is 39.3 Å². The van der Waals surface area contributed by atoms with Gasteiger partial charge in [0.1, 0.15) is 0 Å². The van der Waals surface area contributed by atoms with Crippen LogP contribution in [0.1, 0.15) is 37.5 Å². The molecule has 3 nitrogen and oxygen atoms in total. The lowest BCUT2D eigenvalue weighted by Gasteiger charge is -2.22. The normalized spacial score (nSPS) is 20.5. The second-order valence-electron chi connectivity index (χ2n) is 6.03. The van der Waals surface area contributed by atoms with Crippen molar-refractivity contribution in [3.05, 3.63) is 35.4 Å². The van der Waals surface area contributed by atoms with E-state index in [1.807, 2.05) is 0 Å². The molecule has 1 heterocycles. The Morgan fingerprint density at radius 2 is 2.25 bits per heavy atom. The minimum absolute atomic E-state index is 0.123. The highest BCUT2D eigenvalue weighted by molar-refractivity contribution is 5.24. The van der Waals surface area contributed by atoms with E-state index in [2.05, 4.69) is 50.4 Å². The standard InChI is InChI=1S/C17H27NO2/c1-13(2)18-10-17(16-6-4-5-14(3)9-16)20-12-15-7-8-19-11-15/h4-6,9,13,15,17-18H,7-8,10-12H2,1-3H3. The van der Waals surface area contributed by atoms with E-state index in [9.17, 15) is 0 Å². The number of hydrogen-bond donors (Lipinski definition) is 1. The third kappa shape index (κ3) is 4.89. The Balaban J connectivity index is 1.95. The molecular weight excluding hydrogens is 250 g/mol. The molecule has 0 spiro atoms. The summed E-state index contributed by atoms with van der Waals surface area (Å²) in [4.78, 5) is 0. The van der Waals surface area contributed by atoms with Crippen molar-refractivity contribution in [1.82, 2.24) is 5.32 Å². The summed E-state index contributed by atoms with van der Waals surface area (Å²) in [5.74, 6) is 0.557. The van der Waals surface area contributed by atoms with Crippen molar-refractivity contribution >= 4 is 0 Å². The predicted molar refractivity (Wildman–Crippen MR) is 81.9 cm³/mol. The molecule has 0 aromatic heterocycles. The number of nitrogens with one attached hydrogen (secondary N) is 1. The summed E-state index contributed by atoms with van der Waals surface area (Å²) in [5.41, 5.74) is 2.54. The highest BCUT2D eigenvalue weighted by Gasteiger charge is 2.19. The van der Waals surface area contributed by atoms with Crippen LogP contribution in [0.3, 0.4) is 0 Å². The fourth-order valence-electron chi connectivity index (χ4n) is 2.45. The minimum atomic E-state index is 0.123. The quantitative estimate of drug-likeness (QED) is 0.831. The first kappa shape index (κ1) is 15.5. The van der Waals surface area contributed by atoms with Crippen molar-refractivity contribution in [2.75, 3.05) is 26.4 Å². The summed E-state index contributed by atoms with van der Waals surface area (Å²) in [6.45, 7) is 9.83. The summed E-state index contributed by atoms with van der Waals surface area (Å²) in [6.07, 6.45) is 1.25. The Hall–Kier alpha value is -0.900. The van der Waals surface area contributed by atoms with Crippen molar-refractivity contribution in [3.63, 3.8) is 0 Å². The third-order valence-corrected chi connectivity index (χ3v) is 3.68. The molecule has 3 heteroatoms. The van der Waals surface area contributed by atoms with E-state index >= 15 is 0 Å². The Labute approximate surface area is 122 Å². The average molecular weight is 277 g/mol. The lowest BCUT2D eigenvalue weighted by Crippen LogP contribution is -2.30. The van der Waals surface area contributed by atoms with Gasteiger partial charge in [-0.15, -0.1) is 0 Å². The number of hydrogen-bond acceptors (Lipinski definition) is 3. The zero-order valence-corrected chi connectivity index (χ0v) is 12.9. The maximum Gasteiger partial charge on any atom is 0.0949 e. The average Bonchev–Trinajstić information content (AvgIpc) is 2.91. The molecule has 2 unspecified atom stereocenters. The molecule has 1 aromatic rings. The molecule has 0 aliphatic carbocycles. The van der Waals surface area contributed by atoms with Crippen LogP contribution in [0.2, 0.25) is 0 Å². The lowest BCUT2D eigenvalue weighted by molar-refractivity contribution is 0.0244. The van der Waals surface area contributed by atoms with Gasteiger partial charge in [-0.2, -0.15) is 0 Å². The van der Waals surface area contributed by atoms with Crippen LogP contribution in [0.15, 0.2) is 24.3 Å². The molecule has 2 rings (SSSR count). The van der Waals surface area contributed by atoms with Crippen molar-refractivity contribution < 1.29 is 9.47 Å². The Kier molecular flexibility index (Phi) is 6.02. The molecule has 1 aromatic carbocycles. The van der Waals surface area contributed by atoms with Gasteiger partial charge >= 0.3 is 0 Å². The van der Waals surface area contributed by atoms with Gasteiger partial charge in [-0.1, -0.05) is 43.7 Å². The summed E-state index contributed by atoms with van der Waals surface area (Å²) >= 11 is 0. The molecule has 112 valence electrons. The van der Waals surface area contributed by atoms with Gasteiger partial charge < -0.3 is 14.8 Å². The summed E-state index contributed by atoms with van der Waals surface area (Å²) in [6, 6.07) is 9.08. The fraction of sp³-hybridized carbons (Fsp3) is 0.647. The monoisotopic (exact) mass is 277 g/mol. The first-order valence-corrected chi connectivity index (χ1v) is 7.64. The molecule has 20 heavy (non-hydrogen) atoms. The molecule has 0 saturated carbocycles. The molecule has 1 fully saturated rings. The van der Waals surface area contributed by atoms with Crippen LogP contribution in [0.4, 0.5) is 0 Å².